The van der Waals surface area contributed by atoms with E-state index in [0.29, 0.717) is 6.29 Å². The standard InChI is InChI=1S/C17H11O2/c1-2-8-13-12(6-1)7-5-9-14(13)17-18-15-10-3-4-11-16(15)19-17/h1-11H. The van der Waals surface area contributed by atoms with Gasteiger partial charge in [0.25, 0.3) is 0 Å². The normalized spacial score (nSPS) is 13.9. The van der Waals surface area contributed by atoms with Crippen molar-refractivity contribution in [2.45, 2.75) is 0 Å². The van der Waals surface area contributed by atoms with Gasteiger partial charge in [0.15, 0.2) is 11.5 Å². The van der Waals surface area contributed by atoms with Crippen LogP contribution in [-0.2, 0) is 0 Å². The lowest BCUT2D eigenvalue weighted by Gasteiger charge is -2.10. The van der Waals surface area contributed by atoms with Crippen molar-refractivity contribution in [3.63, 3.8) is 0 Å². The first kappa shape index (κ1) is 10.4. The molecule has 3 aromatic rings. The molecule has 91 valence electrons. The molecule has 0 N–H and O–H groups in total. The minimum Gasteiger partial charge on any atom is -0.438 e. The van der Waals surface area contributed by atoms with Crippen molar-refractivity contribution >= 4 is 10.8 Å². The molecule has 19 heavy (non-hydrogen) atoms. The van der Waals surface area contributed by atoms with E-state index in [2.05, 4.69) is 18.2 Å². The molecule has 2 heteroatoms. The number of ether oxygens (including phenoxy) is 2. The third kappa shape index (κ3) is 1.65. The van der Waals surface area contributed by atoms with Gasteiger partial charge in [-0.05, 0) is 22.9 Å². The second kappa shape index (κ2) is 4.02. The fraction of sp³-hybridized carbons (Fsp3) is 0. The molecule has 1 aliphatic rings. The molecule has 0 saturated carbocycles. The first-order valence-electron chi connectivity index (χ1n) is 6.22. The zero-order chi connectivity index (χ0) is 12.7. The molecule has 2 nitrogen and oxygen atoms in total. The highest BCUT2D eigenvalue weighted by Crippen LogP contribution is 2.40. The Morgan fingerprint density at radius 1 is 0.579 bits per heavy atom. The van der Waals surface area contributed by atoms with E-state index in [1.165, 1.54) is 5.39 Å². The summed E-state index contributed by atoms with van der Waals surface area (Å²) in [6, 6.07) is 22.0. The molecule has 0 aliphatic carbocycles. The van der Waals surface area contributed by atoms with Crippen LogP contribution in [0.5, 0.6) is 11.5 Å². The van der Waals surface area contributed by atoms with Crippen LogP contribution < -0.4 is 9.47 Å². The average molecular weight is 247 g/mol. The Hall–Kier alpha value is -2.48. The summed E-state index contributed by atoms with van der Waals surface area (Å²) < 4.78 is 11.6. The Bertz CT molecular complexity index is 719. The molecular weight excluding hydrogens is 236 g/mol. The van der Waals surface area contributed by atoms with Crippen LogP contribution >= 0.6 is 0 Å². The van der Waals surface area contributed by atoms with Crippen LogP contribution in [-0.4, -0.2) is 0 Å². The average Bonchev–Trinajstić information content (AvgIpc) is 2.90. The fourth-order valence-corrected chi connectivity index (χ4v) is 2.35. The highest BCUT2D eigenvalue weighted by molar-refractivity contribution is 5.87. The number of hydrogen-bond donors (Lipinski definition) is 0. The molecule has 0 aromatic heterocycles. The van der Waals surface area contributed by atoms with Crippen molar-refractivity contribution in [3.8, 4) is 11.5 Å². The fourth-order valence-electron chi connectivity index (χ4n) is 2.35. The van der Waals surface area contributed by atoms with Crippen LogP contribution in [0, 0.1) is 6.29 Å². The van der Waals surface area contributed by atoms with Gasteiger partial charge in [0.05, 0.1) is 5.56 Å². The summed E-state index contributed by atoms with van der Waals surface area (Å²) in [6.45, 7) is 0. The number of hydrogen-bond acceptors (Lipinski definition) is 2. The van der Waals surface area contributed by atoms with E-state index < -0.39 is 0 Å². The monoisotopic (exact) mass is 247 g/mol. The maximum absolute atomic E-state index is 5.80. The third-order valence-corrected chi connectivity index (χ3v) is 3.26. The third-order valence-electron chi connectivity index (χ3n) is 3.26. The molecule has 4 rings (SSSR count). The second-order valence-electron chi connectivity index (χ2n) is 4.47. The molecular formula is C17H11O2. The van der Waals surface area contributed by atoms with E-state index in [1.54, 1.807) is 0 Å². The van der Waals surface area contributed by atoms with E-state index >= 15 is 0 Å². The summed E-state index contributed by atoms with van der Waals surface area (Å²) in [5, 5.41) is 2.31. The molecule has 0 atom stereocenters. The van der Waals surface area contributed by atoms with Crippen molar-refractivity contribution in [2.75, 3.05) is 0 Å². The Morgan fingerprint density at radius 3 is 2.00 bits per heavy atom. The maximum Gasteiger partial charge on any atom is 0.363 e. The molecule has 1 radical (unpaired) electrons. The summed E-state index contributed by atoms with van der Waals surface area (Å²) >= 11 is 0. The number of benzene rings is 3. The van der Waals surface area contributed by atoms with Crippen molar-refractivity contribution in [1.82, 2.24) is 0 Å². The maximum atomic E-state index is 5.80. The van der Waals surface area contributed by atoms with E-state index in [-0.39, 0.29) is 0 Å². The topological polar surface area (TPSA) is 18.5 Å². The van der Waals surface area contributed by atoms with E-state index in [0.717, 1.165) is 22.4 Å². The van der Waals surface area contributed by atoms with Gasteiger partial charge in [0, 0.05) is 0 Å². The predicted octanol–water partition coefficient (Wildman–Crippen LogP) is 4.15. The molecule has 0 spiro atoms. The zero-order valence-corrected chi connectivity index (χ0v) is 10.2. The lowest BCUT2D eigenvalue weighted by atomic mass is 10.0. The van der Waals surface area contributed by atoms with Crippen LogP contribution in [0.25, 0.3) is 10.8 Å². The van der Waals surface area contributed by atoms with Gasteiger partial charge in [-0.15, -0.1) is 0 Å². The Balaban J connectivity index is 1.81. The van der Waals surface area contributed by atoms with Gasteiger partial charge in [-0.25, -0.2) is 0 Å². The molecule has 0 unspecified atom stereocenters. The number of para-hydroxylation sites is 2. The van der Waals surface area contributed by atoms with Crippen LogP contribution in [0.1, 0.15) is 5.56 Å². The van der Waals surface area contributed by atoms with Crippen LogP contribution in [0.2, 0.25) is 0 Å². The molecule has 0 amide bonds. The van der Waals surface area contributed by atoms with Crippen molar-refractivity contribution in [3.05, 3.63) is 78.6 Å². The van der Waals surface area contributed by atoms with Crippen molar-refractivity contribution in [1.29, 1.82) is 0 Å². The summed E-state index contributed by atoms with van der Waals surface area (Å²) in [5.74, 6) is 1.54. The lowest BCUT2D eigenvalue weighted by molar-refractivity contribution is 0.205. The minimum absolute atomic E-state index is 0.554. The highest BCUT2D eigenvalue weighted by Gasteiger charge is 2.29. The highest BCUT2D eigenvalue weighted by atomic mass is 16.7. The van der Waals surface area contributed by atoms with Gasteiger partial charge >= 0.3 is 6.29 Å². The van der Waals surface area contributed by atoms with Crippen LogP contribution in [0.15, 0.2) is 66.7 Å². The molecule has 0 bridgehead atoms. The van der Waals surface area contributed by atoms with Gasteiger partial charge in [-0.2, -0.15) is 0 Å². The van der Waals surface area contributed by atoms with Gasteiger partial charge in [0.2, 0.25) is 0 Å². The summed E-state index contributed by atoms with van der Waals surface area (Å²) in [6.07, 6.45) is 0.554. The summed E-state index contributed by atoms with van der Waals surface area (Å²) in [5.41, 5.74) is 0.981. The smallest absolute Gasteiger partial charge is 0.363 e. The molecule has 0 saturated heterocycles. The Labute approximate surface area is 111 Å². The van der Waals surface area contributed by atoms with E-state index in [1.807, 2.05) is 48.5 Å². The lowest BCUT2D eigenvalue weighted by Crippen LogP contribution is -2.09. The molecule has 0 fully saturated rings. The largest absolute Gasteiger partial charge is 0.438 e. The Kier molecular flexibility index (Phi) is 2.21. The predicted molar refractivity (Wildman–Crippen MR) is 74.0 cm³/mol. The first-order chi connectivity index (χ1) is 9.42. The SMILES string of the molecule is c1ccc2c(c1)O[C](c1cccc3ccccc13)O2. The molecule has 3 aromatic carbocycles. The van der Waals surface area contributed by atoms with Gasteiger partial charge in [-0.1, -0.05) is 54.6 Å². The van der Waals surface area contributed by atoms with E-state index in [4.69, 9.17) is 9.47 Å². The minimum atomic E-state index is 0.554. The molecule has 1 heterocycles. The van der Waals surface area contributed by atoms with Crippen molar-refractivity contribution < 1.29 is 9.47 Å². The first-order valence-corrected chi connectivity index (χ1v) is 6.22. The second-order valence-corrected chi connectivity index (χ2v) is 4.47. The van der Waals surface area contributed by atoms with Gasteiger partial charge in [0.1, 0.15) is 0 Å². The van der Waals surface area contributed by atoms with Gasteiger partial charge < -0.3 is 9.47 Å². The molecule has 1 aliphatic heterocycles. The van der Waals surface area contributed by atoms with Crippen LogP contribution in [0.4, 0.5) is 0 Å². The zero-order valence-electron chi connectivity index (χ0n) is 10.2. The number of rotatable bonds is 1. The Morgan fingerprint density at radius 2 is 1.21 bits per heavy atom. The quantitative estimate of drug-likeness (QED) is 0.643. The van der Waals surface area contributed by atoms with E-state index in [9.17, 15) is 0 Å². The van der Waals surface area contributed by atoms with Crippen LogP contribution in [0.3, 0.4) is 0 Å². The number of fused-ring (bicyclic) bond motifs is 2. The summed E-state index contributed by atoms with van der Waals surface area (Å²) in [7, 11) is 0. The summed E-state index contributed by atoms with van der Waals surface area (Å²) in [4.78, 5) is 0. The van der Waals surface area contributed by atoms with Crippen molar-refractivity contribution in [2.24, 2.45) is 0 Å². The van der Waals surface area contributed by atoms with Gasteiger partial charge in [-0.3, -0.25) is 0 Å².